The van der Waals surface area contributed by atoms with Gasteiger partial charge in [-0.05, 0) is 30.4 Å². The van der Waals surface area contributed by atoms with Gasteiger partial charge in [0, 0.05) is 29.3 Å². The predicted octanol–water partition coefficient (Wildman–Crippen LogP) is 2.94. The van der Waals surface area contributed by atoms with E-state index < -0.39 is 0 Å². The topological polar surface area (TPSA) is 78.1 Å². The van der Waals surface area contributed by atoms with Crippen molar-refractivity contribution in [2.75, 3.05) is 6.54 Å². The molecule has 3 aromatic rings. The van der Waals surface area contributed by atoms with Crippen LogP contribution in [0.1, 0.15) is 34.6 Å². The lowest BCUT2D eigenvalue weighted by Crippen LogP contribution is -2.35. The highest BCUT2D eigenvalue weighted by Crippen LogP contribution is 2.29. The van der Waals surface area contributed by atoms with E-state index >= 15 is 0 Å². The van der Waals surface area contributed by atoms with Gasteiger partial charge in [-0.3, -0.25) is 14.7 Å². The average molecular weight is 368 g/mol. The molecule has 1 aliphatic carbocycles. The number of aromatic nitrogens is 2. The second-order valence-electron chi connectivity index (χ2n) is 6.46. The van der Waals surface area contributed by atoms with Gasteiger partial charge in [0.05, 0.1) is 12.1 Å². The fourth-order valence-corrected chi connectivity index (χ4v) is 3.73. The maximum Gasteiger partial charge on any atom is 0.272 e. The van der Waals surface area contributed by atoms with Crippen molar-refractivity contribution < 1.29 is 9.59 Å². The maximum atomic E-state index is 12.6. The van der Waals surface area contributed by atoms with E-state index in [2.05, 4.69) is 21.6 Å². The molecule has 26 heavy (non-hydrogen) atoms. The second-order valence-corrected chi connectivity index (χ2v) is 7.49. The van der Waals surface area contributed by atoms with E-state index in [1.54, 1.807) is 11.3 Å². The van der Waals surface area contributed by atoms with E-state index in [-0.39, 0.29) is 11.8 Å². The van der Waals surface area contributed by atoms with Crippen molar-refractivity contribution in [3.8, 4) is 0 Å². The molecule has 7 heteroatoms. The largest absolute Gasteiger partial charge is 0.350 e. The third-order valence-electron chi connectivity index (χ3n) is 4.52. The van der Waals surface area contributed by atoms with Crippen LogP contribution in [0.4, 0.5) is 0 Å². The van der Waals surface area contributed by atoms with E-state index in [1.165, 1.54) is 4.88 Å². The molecule has 0 spiro atoms. The number of aromatic amines is 1. The van der Waals surface area contributed by atoms with Crippen LogP contribution in [0.5, 0.6) is 0 Å². The van der Waals surface area contributed by atoms with Crippen molar-refractivity contribution in [3.05, 3.63) is 52.3 Å². The Morgan fingerprint density at radius 3 is 2.85 bits per heavy atom. The normalized spacial score (nSPS) is 13.7. The van der Waals surface area contributed by atoms with Gasteiger partial charge >= 0.3 is 0 Å². The van der Waals surface area contributed by atoms with E-state index in [9.17, 15) is 9.59 Å². The summed E-state index contributed by atoms with van der Waals surface area (Å²) >= 11 is 1.67. The van der Waals surface area contributed by atoms with Crippen LogP contribution in [-0.2, 0) is 11.3 Å². The first-order valence-electron chi connectivity index (χ1n) is 8.75. The number of para-hydroxylation sites is 1. The summed E-state index contributed by atoms with van der Waals surface area (Å²) in [7, 11) is 0. The summed E-state index contributed by atoms with van der Waals surface area (Å²) in [6, 6.07) is 11.9. The van der Waals surface area contributed by atoms with Crippen LogP contribution < -0.4 is 5.32 Å². The third kappa shape index (κ3) is 3.62. The third-order valence-corrected chi connectivity index (χ3v) is 5.39. The number of amides is 2. The Balaban J connectivity index is 1.33. The summed E-state index contributed by atoms with van der Waals surface area (Å²) < 4.78 is 0. The molecule has 0 bridgehead atoms. The Kier molecular flexibility index (Phi) is 4.71. The standard InChI is InChI=1S/C19H20N4O2S/c24-17(23(13-7-8-13)12-14-4-3-11-26-14)9-10-20-19(25)18-15-5-1-2-6-16(15)21-22-18/h1-6,11,13H,7-10,12H2,(H,20,25)(H,21,22). The average Bonchev–Trinajstić information content (AvgIpc) is 3.19. The van der Waals surface area contributed by atoms with Gasteiger partial charge in [0.1, 0.15) is 0 Å². The van der Waals surface area contributed by atoms with Crippen molar-refractivity contribution in [1.82, 2.24) is 20.4 Å². The quantitative estimate of drug-likeness (QED) is 0.673. The number of H-pyrrole nitrogens is 1. The van der Waals surface area contributed by atoms with E-state index in [4.69, 9.17) is 0 Å². The SMILES string of the molecule is O=C(NCCC(=O)N(Cc1cccs1)C1CC1)c1n[nH]c2ccccc12. The minimum absolute atomic E-state index is 0.0908. The Hall–Kier alpha value is -2.67. The molecule has 2 heterocycles. The summed E-state index contributed by atoms with van der Waals surface area (Å²) in [4.78, 5) is 28.1. The van der Waals surface area contributed by atoms with Crippen molar-refractivity contribution in [1.29, 1.82) is 0 Å². The molecule has 1 saturated carbocycles. The van der Waals surface area contributed by atoms with Gasteiger partial charge in [0.25, 0.3) is 5.91 Å². The number of thiophene rings is 1. The van der Waals surface area contributed by atoms with Crippen molar-refractivity contribution in [2.24, 2.45) is 0 Å². The summed E-state index contributed by atoms with van der Waals surface area (Å²) in [6.45, 7) is 0.978. The van der Waals surface area contributed by atoms with Crippen LogP contribution in [0, 0.1) is 0 Å². The predicted molar refractivity (Wildman–Crippen MR) is 101 cm³/mol. The number of hydrogen-bond acceptors (Lipinski definition) is 4. The Labute approximate surface area is 155 Å². The molecular weight excluding hydrogens is 348 g/mol. The van der Waals surface area contributed by atoms with Gasteiger partial charge < -0.3 is 10.2 Å². The first-order chi connectivity index (χ1) is 12.7. The van der Waals surface area contributed by atoms with Crippen molar-refractivity contribution in [3.63, 3.8) is 0 Å². The Morgan fingerprint density at radius 2 is 2.08 bits per heavy atom. The van der Waals surface area contributed by atoms with Gasteiger partial charge in [0.2, 0.25) is 5.91 Å². The molecular formula is C19H20N4O2S. The molecule has 134 valence electrons. The van der Waals surface area contributed by atoms with E-state index in [0.29, 0.717) is 31.2 Å². The molecule has 2 N–H and O–H groups in total. The lowest BCUT2D eigenvalue weighted by molar-refractivity contribution is -0.132. The first-order valence-corrected chi connectivity index (χ1v) is 9.63. The number of carbonyl (C=O) groups is 2. The van der Waals surface area contributed by atoms with Crippen LogP contribution in [-0.4, -0.2) is 39.5 Å². The van der Waals surface area contributed by atoms with E-state index in [1.807, 2.05) is 40.6 Å². The summed E-state index contributed by atoms with van der Waals surface area (Å²) in [5.41, 5.74) is 1.19. The van der Waals surface area contributed by atoms with Gasteiger partial charge in [-0.15, -0.1) is 11.3 Å². The second kappa shape index (κ2) is 7.29. The fourth-order valence-electron chi connectivity index (χ4n) is 3.02. The Bertz CT molecular complexity index is 915. The van der Waals surface area contributed by atoms with Gasteiger partial charge in [-0.25, -0.2) is 0 Å². The Morgan fingerprint density at radius 1 is 1.23 bits per heavy atom. The first kappa shape index (κ1) is 16.8. The highest BCUT2D eigenvalue weighted by molar-refractivity contribution is 7.09. The number of benzene rings is 1. The summed E-state index contributed by atoms with van der Waals surface area (Å²) in [5, 5.41) is 12.6. The molecule has 1 aliphatic rings. The van der Waals surface area contributed by atoms with E-state index in [0.717, 1.165) is 23.7 Å². The number of rotatable bonds is 7. The molecule has 2 amide bonds. The molecule has 0 radical (unpaired) electrons. The molecule has 1 aromatic carbocycles. The zero-order valence-corrected chi connectivity index (χ0v) is 15.1. The minimum atomic E-state index is -0.258. The van der Waals surface area contributed by atoms with Gasteiger partial charge in [-0.2, -0.15) is 5.10 Å². The fraction of sp³-hybridized carbons (Fsp3) is 0.316. The molecule has 4 rings (SSSR count). The van der Waals surface area contributed by atoms with Gasteiger partial charge in [-0.1, -0.05) is 24.3 Å². The molecule has 0 aliphatic heterocycles. The molecule has 0 saturated heterocycles. The molecule has 0 atom stereocenters. The van der Waals surface area contributed by atoms with Crippen LogP contribution in [0.3, 0.4) is 0 Å². The number of nitrogens with zero attached hydrogens (tertiary/aromatic N) is 2. The lowest BCUT2D eigenvalue weighted by atomic mass is 10.2. The molecule has 2 aromatic heterocycles. The van der Waals surface area contributed by atoms with Crippen LogP contribution in [0.25, 0.3) is 10.9 Å². The van der Waals surface area contributed by atoms with Gasteiger partial charge in [0.15, 0.2) is 5.69 Å². The molecule has 1 fully saturated rings. The number of nitrogens with one attached hydrogen (secondary N) is 2. The minimum Gasteiger partial charge on any atom is -0.350 e. The molecule has 6 nitrogen and oxygen atoms in total. The van der Waals surface area contributed by atoms with Crippen LogP contribution >= 0.6 is 11.3 Å². The highest BCUT2D eigenvalue weighted by atomic mass is 32.1. The van der Waals surface area contributed by atoms with Crippen LogP contribution in [0.2, 0.25) is 0 Å². The number of hydrogen-bond donors (Lipinski definition) is 2. The summed E-state index contributed by atoms with van der Waals surface area (Å²) in [6.07, 6.45) is 2.45. The number of fused-ring (bicyclic) bond motifs is 1. The smallest absolute Gasteiger partial charge is 0.272 e. The highest BCUT2D eigenvalue weighted by Gasteiger charge is 2.32. The number of carbonyl (C=O) groups excluding carboxylic acids is 2. The lowest BCUT2D eigenvalue weighted by Gasteiger charge is -2.22. The van der Waals surface area contributed by atoms with Crippen LogP contribution in [0.15, 0.2) is 41.8 Å². The maximum absolute atomic E-state index is 12.6. The monoisotopic (exact) mass is 368 g/mol. The summed E-state index contributed by atoms with van der Waals surface area (Å²) in [5.74, 6) is -0.167. The molecule has 0 unspecified atom stereocenters. The zero-order chi connectivity index (χ0) is 17.9. The van der Waals surface area contributed by atoms with Crippen molar-refractivity contribution >= 4 is 34.1 Å². The van der Waals surface area contributed by atoms with Crippen molar-refractivity contribution in [2.45, 2.75) is 31.8 Å². The zero-order valence-electron chi connectivity index (χ0n) is 14.3.